The molecule has 100 valence electrons. The first-order valence-electron chi connectivity index (χ1n) is 7.01. The molecule has 0 saturated carbocycles. The molecule has 1 fully saturated rings. The van der Waals surface area contributed by atoms with Crippen LogP contribution in [0.3, 0.4) is 0 Å². The molecular formula is C16H25NO. The molecule has 1 aromatic rings. The van der Waals surface area contributed by atoms with Crippen molar-refractivity contribution in [3.05, 3.63) is 35.9 Å². The lowest BCUT2D eigenvalue weighted by Crippen LogP contribution is -2.49. The van der Waals surface area contributed by atoms with Crippen LogP contribution in [0.15, 0.2) is 30.3 Å². The maximum Gasteiger partial charge on any atom is 0.0433 e. The van der Waals surface area contributed by atoms with Gasteiger partial charge in [-0.15, -0.1) is 0 Å². The molecular weight excluding hydrogens is 222 g/mol. The first kappa shape index (κ1) is 13.6. The Hall–Kier alpha value is -0.860. The van der Waals surface area contributed by atoms with Gasteiger partial charge in [0, 0.05) is 18.7 Å². The van der Waals surface area contributed by atoms with E-state index in [0.29, 0.717) is 12.5 Å². The van der Waals surface area contributed by atoms with Gasteiger partial charge in [-0.1, -0.05) is 30.3 Å². The predicted octanol–water partition coefficient (Wildman–Crippen LogP) is 3.06. The van der Waals surface area contributed by atoms with Gasteiger partial charge in [-0.05, 0) is 51.1 Å². The number of nitrogens with zero attached hydrogens (tertiary/aromatic N) is 1. The largest absolute Gasteiger partial charge is 0.396 e. The maximum absolute atomic E-state index is 9.08. The smallest absolute Gasteiger partial charge is 0.0433 e. The van der Waals surface area contributed by atoms with Gasteiger partial charge >= 0.3 is 0 Å². The number of rotatable bonds is 4. The lowest BCUT2D eigenvalue weighted by Gasteiger charge is -2.46. The quantitative estimate of drug-likeness (QED) is 0.884. The van der Waals surface area contributed by atoms with E-state index in [1.807, 2.05) is 0 Å². The van der Waals surface area contributed by atoms with E-state index in [1.165, 1.54) is 18.4 Å². The Bertz CT molecular complexity index is 361. The number of hydrogen-bond acceptors (Lipinski definition) is 2. The highest BCUT2D eigenvalue weighted by Gasteiger charge is 2.34. The van der Waals surface area contributed by atoms with Crippen LogP contribution in [0.2, 0.25) is 0 Å². The Labute approximate surface area is 111 Å². The highest BCUT2D eigenvalue weighted by Crippen LogP contribution is 2.34. The van der Waals surface area contributed by atoms with Gasteiger partial charge in [0.25, 0.3) is 0 Å². The third-order valence-corrected chi connectivity index (χ3v) is 4.21. The van der Waals surface area contributed by atoms with E-state index >= 15 is 0 Å². The summed E-state index contributed by atoms with van der Waals surface area (Å²) < 4.78 is 0. The van der Waals surface area contributed by atoms with Crippen LogP contribution in [0.25, 0.3) is 0 Å². The fourth-order valence-corrected chi connectivity index (χ4v) is 3.10. The summed E-state index contributed by atoms with van der Waals surface area (Å²) in [4.78, 5) is 2.58. The zero-order valence-corrected chi connectivity index (χ0v) is 11.6. The van der Waals surface area contributed by atoms with Crippen LogP contribution in [0, 0.1) is 5.92 Å². The summed E-state index contributed by atoms with van der Waals surface area (Å²) in [6.45, 7) is 7.19. The molecule has 2 heteroatoms. The van der Waals surface area contributed by atoms with E-state index in [0.717, 1.165) is 19.5 Å². The molecule has 0 amide bonds. The van der Waals surface area contributed by atoms with Crippen molar-refractivity contribution in [2.45, 2.75) is 45.2 Å². The predicted molar refractivity (Wildman–Crippen MR) is 75.4 cm³/mol. The molecule has 2 rings (SSSR count). The maximum atomic E-state index is 9.08. The Morgan fingerprint density at radius 3 is 2.61 bits per heavy atom. The molecule has 1 saturated heterocycles. The van der Waals surface area contributed by atoms with Crippen LogP contribution in [0.4, 0.5) is 0 Å². The van der Waals surface area contributed by atoms with Gasteiger partial charge in [-0.3, -0.25) is 4.90 Å². The minimum Gasteiger partial charge on any atom is -0.396 e. The minimum absolute atomic E-state index is 0.244. The second kappa shape index (κ2) is 5.85. The number of aliphatic hydroxyl groups excluding tert-OH is 1. The zero-order chi connectivity index (χ0) is 13.0. The molecule has 1 aliphatic heterocycles. The fourth-order valence-electron chi connectivity index (χ4n) is 3.10. The summed E-state index contributed by atoms with van der Waals surface area (Å²) in [5.41, 5.74) is 1.64. The lowest BCUT2D eigenvalue weighted by atomic mass is 9.81. The number of hydrogen-bond donors (Lipinski definition) is 1. The average Bonchev–Trinajstić information content (AvgIpc) is 2.34. The van der Waals surface area contributed by atoms with Gasteiger partial charge in [-0.2, -0.15) is 0 Å². The highest BCUT2D eigenvalue weighted by molar-refractivity contribution is 5.15. The Balaban J connectivity index is 1.98. The number of benzene rings is 1. The fraction of sp³-hybridized carbons (Fsp3) is 0.625. The van der Waals surface area contributed by atoms with Gasteiger partial charge in [-0.25, -0.2) is 0 Å². The van der Waals surface area contributed by atoms with E-state index in [1.54, 1.807) is 0 Å². The Morgan fingerprint density at radius 2 is 2.00 bits per heavy atom. The second-order valence-corrected chi connectivity index (χ2v) is 6.09. The number of aliphatic hydroxyl groups is 1. The first-order valence-corrected chi connectivity index (χ1v) is 7.01. The van der Waals surface area contributed by atoms with Crippen LogP contribution in [0.5, 0.6) is 0 Å². The van der Waals surface area contributed by atoms with E-state index in [9.17, 15) is 0 Å². The number of piperidine rings is 1. The van der Waals surface area contributed by atoms with E-state index < -0.39 is 0 Å². The van der Waals surface area contributed by atoms with Gasteiger partial charge in [0.15, 0.2) is 0 Å². The van der Waals surface area contributed by atoms with Crippen LogP contribution < -0.4 is 0 Å². The van der Waals surface area contributed by atoms with Crippen molar-refractivity contribution in [2.75, 3.05) is 13.2 Å². The van der Waals surface area contributed by atoms with Gasteiger partial charge < -0.3 is 5.11 Å². The van der Waals surface area contributed by atoms with Gasteiger partial charge in [0.1, 0.15) is 0 Å². The zero-order valence-electron chi connectivity index (χ0n) is 11.6. The molecule has 0 bridgehead atoms. The SMILES string of the molecule is CC1(C)C[C@@H](CCO)CCN1Cc1ccccc1. The lowest BCUT2D eigenvalue weighted by molar-refractivity contribution is 0.0325. The van der Waals surface area contributed by atoms with E-state index in [4.69, 9.17) is 5.11 Å². The summed E-state index contributed by atoms with van der Waals surface area (Å²) in [7, 11) is 0. The van der Waals surface area contributed by atoms with Crippen molar-refractivity contribution < 1.29 is 5.11 Å². The molecule has 1 aliphatic rings. The van der Waals surface area contributed by atoms with Crippen LogP contribution in [-0.4, -0.2) is 28.7 Å². The average molecular weight is 247 g/mol. The molecule has 0 spiro atoms. The van der Waals surface area contributed by atoms with E-state index in [2.05, 4.69) is 49.1 Å². The monoisotopic (exact) mass is 247 g/mol. The van der Waals surface area contributed by atoms with Crippen molar-refractivity contribution in [1.29, 1.82) is 0 Å². The normalized spacial score (nSPS) is 24.1. The molecule has 1 heterocycles. The van der Waals surface area contributed by atoms with Crippen molar-refractivity contribution >= 4 is 0 Å². The molecule has 1 aromatic carbocycles. The molecule has 0 unspecified atom stereocenters. The topological polar surface area (TPSA) is 23.5 Å². The second-order valence-electron chi connectivity index (χ2n) is 6.09. The van der Waals surface area contributed by atoms with Crippen molar-refractivity contribution in [1.82, 2.24) is 4.90 Å². The van der Waals surface area contributed by atoms with Gasteiger partial charge in [0.05, 0.1) is 0 Å². The molecule has 1 atom stereocenters. The van der Waals surface area contributed by atoms with Crippen molar-refractivity contribution in [3.8, 4) is 0 Å². The Morgan fingerprint density at radius 1 is 1.28 bits per heavy atom. The minimum atomic E-state index is 0.244. The van der Waals surface area contributed by atoms with Crippen molar-refractivity contribution in [3.63, 3.8) is 0 Å². The summed E-state index contributed by atoms with van der Waals surface area (Å²) >= 11 is 0. The Kier molecular flexibility index (Phi) is 4.41. The van der Waals surface area contributed by atoms with E-state index in [-0.39, 0.29) is 5.54 Å². The third-order valence-electron chi connectivity index (χ3n) is 4.21. The molecule has 0 aliphatic carbocycles. The molecule has 1 N–H and O–H groups in total. The molecule has 18 heavy (non-hydrogen) atoms. The first-order chi connectivity index (χ1) is 8.62. The van der Waals surface area contributed by atoms with Crippen LogP contribution in [-0.2, 0) is 6.54 Å². The standard InChI is InChI=1S/C16H25NO/c1-16(2)12-14(9-11-18)8-10-17(16)13-15-6-4-3-5-7-15/h3-7,14,18H,8-13H2,1-2H3/t14-/m1/s1. The summed E-state index contributed by atoms with van der Waals surface area (Å²) in [5, 5.41) is 9.08. The van der Waals surface area contributed by atoms with Crippen molar-refractivity contribution in [2.24, 2.45) is 5.92 Å². The van der Waals surface area contributed by atoms with Gasteiger partial charge in [0.2, 0.25) is 0 Å². The number of likely N-dealkylation sites (tertiary alicyclic amines) is 1. The van der Waals surface area contributed by atoms with Crippen LogP contribution >= 0.6 is 0 Å². The third kappa shape index (κ3) is 3.33. The summed E-state index contributed by atoms with van der Waals surface area (Å²) in [6.07, 6.45) is 3.37. The molecule has 2 nitrogen and oxygen atoms in total. The van der Waals surface area contributed by atoms with Crippen LogP contribution in [0.1, 0.15) is 38.7 Å². The summed E-state index contributed by atoms with van der Waals surface area (Å²) in [6, 6.07) is 10.7. The highest BCUT2D eigenvalue weighted by atomic mass is 16.3. The summed E-state index contributed by atoms with van der Waals surface area (Å²) in [5.74, 6) is 0.692. The molecule has 0 aromatic heterocycles. The molecule has 0 radical (unpaired) electrons.